The predicted octanol–water partition coefficient (Wildman–Crippen LogP) is 4.17. The van der Waals surface area contributed by atoms with E-state index in [9.17, 15) is 18.0 Å². The molecule has 0 atom stereocenters. The number of hydrogen-bond donors (Lipinski definition) is 1. The normalized spacial score (nSPS) is 10.6. The Morgan fingerprint density at radius 1 is 1.14 bits per heavy atom. The molecule has 2 aromatic carbocycles. The first kappa shape index (κ1) is 21.2. The van der Waals surface area contributed by atoms with E-state index < -0.39 is 11.7 Å². The summed E-state index contributed by atoms with van der Waals surface area (Å²) in [6, 6.07) is 13.8. The largest absolute Gasteiger partial charge is 0.494 e. The van der Waals surface area contributed by atoms with E-state index in [1.807, 2.05) is 30.3 Å². The number of para-hydroxylation sites is 1. The molecule has 2 amide bonds. The van der Waals surface area contributed by atoms with Crippen LogP contribution in [0, 0.1) is 11.8 Å². The average Bonchev–Trinajstić information content (AvgIpc) is 2.68. The molecule has 0 radical (unpaired) electrons. The van der Waals surface area contributed by atoms with Gasteiger partial charge in [0.2, 0.25) is 0 Å². The molecule has 0 bridgehead atoms. The van der Waals surface area contributed by atoms with Gasteiger partial charge in [0.1, 0.15) is 5.75 Å². The van der Waals surface area contributed by atoms with Crippen molar-refractivity contribution in [2.24, 2.45) is 0 Å². The number of benzene rings is 2. The van der Waals surface area contributed by atoms with Crippen molar-refractivity contribution in [3.63, 3.8) is 0 Å². The van der Waals surface area contributed by atoms with Crippen LogP contribution in [0.3, 0.4) is 0 Å². The molecule has 148 valence electrons. The van der Waals surface area contributed by atoms with Crippen molar-refractivity contribution in [1.29, 1.82) is 0 Å². The van der Waals surface area contributed by atoms with Crippen LogP contribution in [-0.2, 0) is 6.18 Å². The van der Waals surface area contributed by atoms with Crippen LogP contribution in [-0.4, -0.2) is 37.7 Å². The minimum absolute atomic E-state index is 0.0416. The van der Waals surface area contributed by atoms with Gasteiger partial charge in [0, 0.05) is 19.2 Å². The van der Waals surface area contributed by atoms with Crippen LogP contribution >= 0.6 is 0 Å². The van der Waals surface area contributed by atoms with Crippen molar-refractivity contribution in [3.8, 4) is 17.6 Å². The third-order valence-electron chi connectivity index (χ3n) is 3.75. The van der Waals surface area contributed by atoms with E-state index >= 15 is 0 Å². The maximum Gasteiger partial charge on any atom is 0.416 e. The standard InChI is InChI=1S/C21H21F3N2O2/c1-26(14-7-15-28-19-11-3-2-4-12-19)20(27)25-13-6-9-17-8-5-10-18(16-17)21(22,23)24/h2-5,8,10-12,16H,7,13-15H2,1H3,(H,25,27). The molecule has 0 aromatic heterocycles. The molecule has 0 saturated heterocycles. The third kappa shape index (κ3) is 7.23. The molecule has 0 heterocycles. The Hall–Kier alpha value is -3.14. The SMILES string of the molecule is CN(CCCOc1ccccc1)C(=O)NCC#Cc1cccc(C(F)(F)F)c1. The number of carbonyl (C=O) groups excluding carboxylic acids is 1. The van der Waals surface area contributed by atoms with Crippen molar-refractivity contribution in [3.05, 3.63) is 65.7 Å². The number of ether oxygens (including phenoxy) is 1. The lowest BCUT2D eigenvalue weighted by Crippen LogP contribution is -2.38. The number of carbonyl (C=O) groups is 1. The molecule has 0 saturated carbocycles. The van der Waals surface area contributed by atoms with Crippen molar-refractivity contribution in [2.75, 3.05) is 26.7 Å². The molecule has 0 aliphatic rings. The number of halogens is 3. The van der Waals surface area contributed by atoms with Gasteiger partial charge in [-0.25, -0.2) is 4.79 Å². The smallest absolute Gasteiger partial charge is 0.416 e. The second kappa shape index (κ2) is 10.3. The third-order valence-corrected chi connectivity index (χ3v) is 3.75. The number of nitrogens with one attached hydrogen (secondary N) is 1. The van der Waals surface area contributed by atoms with Gasteiger partial charge in [0.25, 0.3) is 0 Å². The number of amides is 2. The lowest BCUT2D eigenvalue weighted by molar-refractivity contribution is -0.137. The van der Waals surface area contributed by atoms with Crippen LogP contribution in [0.4, 0.5) is 18.0 Å². The lowest BCUT2D eigenvalue weighted by Gasteiger charge is -2.17. The topological polar surface area (TPSA) is 41.6 Å². The molecule has 4 nitrogen and oxygen atoms in total. The zero-order chi connectivity index (χ0) is 20.4. The summed E-state index contributed by atoms with van der Waals surface area (Å²) in [4.78, 5) is 13.5. The number of alkyl halides is 3. The van der Waals surface area contributed by atoms with Crippen molar-refractivity contribution < 1.29 is 22.7 Å². The molecule has 7 heteroatoms. The quantitative estimate of drug-likeness (QED) is 0.594. The van der Waals surface area contributed by atoms with Crippen molar-refractivity contribution >= 4 is 6.03 Å². The molecule has 1 N–H and O–H groups in total. The monoisotopic (exact) mass is 390 g/mol. The van der Waals surface area contributed by atoms with Gasteiger partial charge in [-0.1, -0.05) is 36.1 Å². The Balaban J connectivity index is 1.70. The summed E-state index contributed by atoms with van der Waals surface area (Å²) < 4.78 is 43.5. The van der Waals surface area contributed by atoms with Crippen molar-refractivity contribution in [1.82, 2.24) is 10.2 Å². The fourth-order valence-corrected chi connectivity index (χ4v) is 2.28. The van der Waals surface area contributed by atoms with Gasteiger partial charge in [-0.05, 0) is 36.8 Å². The molecule has 0 aliphatic heterocycles. The maximum absolute atomic E-state index is 12.7. The van der Waals surface area contributed by atoms with Gasteiger partial charge in [0.15, 0.2) is 0 Å². The van der Waals surface area contributed by atoms with E-state index in [2.05, 4.69) is 17.2 Å². The van der Waals surface area contributed by atoms with Gasteiger partial charge in [-0.2, -0.15) is 13.2 Å². The van der Waals surface area contributed by atoms with Gasteiger partial charge in [-0.3, -0.25) is 0 Å². The Kier molecular flexibility index (Phi) is 7.76. The highest BCUT2D eigenvalue weighted by Crippen LogP contribution is 2.29. The molecule has 0 aliphatic carbocycles. The van der Waals surface area contributed by atoms with Gasteiger partial charge >= 0.3 is 12.2 Å². The highest BCUT2D eigenvalue weighted by atomic mass is 19.4. The number of urea groups is 1. The summed E-state index contributed by atoms with van der Waals surface area (Å²) in [5, 5.41) is 2.61. The minimum atomic E-state index is -4.40. The Labute approximate surface area is 162 Å². The summed E-state index contributed by atoms with van der Waals surface area (Å²) in [5.41, 5.74) is -0.503. The summed E-state index contributed by atoms with van der Waals surface area (Å²) in [5.74, 6) is 6.05. The fourth-order valence-electron chi connectivity index (χ4n) is 2.28. The van der Waals surface area contributed by atoms with Crippen LogP contribution < -0.4 is 10.1 Å². The number of nitrogens with zero attached hydrogens (tertiary/aromatic N) is 1. The fraction of sp³-hybridized carbons (Fsp3) is 0.286. The second-order valence-electron chi connectivity index (χ2n) is 5.98. The Morgan fingerprint density at radius 3 is 2.61 bits per heavy atom. The second-order valence-corrected chi connectivity index (χ2v) is 5.98. The summed E-state index contributed by atoms with van der Waals surface area (Å²) >= 11 is 0. The van der Waals surface area contributed by atoms with Gasteiger partial charge < -0.3 is 15.0 Å². The zero-order valence-electron chi connectivity index (χ0n) is 15.4. The average molecular weight is 390 g/mol. The molecule has 0 unspecified atom stereocenters. The molecule has 0 fully saturated rings. The Morgan fingerprint density at radius 2 is 1.89 bits per heavy atom. The maximum atomic E-state index is 12.7. The first-order chi connectivity index (χ1) is 13.4. The van der Waals surface area contributed by atoms with E-state index in [4.69, 9.17) is 4.74 Å². The summed E-state index contributed by atoms with van der Waals surface area (Å²) in [6.45, 7) is 1.02. The minimum Gasteiger partial charge on any atom is -0.494 e. The Bertz CT molecular complexity index is 827. The summed E-state index contributed by atoms with van der Waals surface area (Å²) in [6.07, 6.45) is -3.74. The van der Waals surface area contributed by atoms with E-state index in [0.29, 0.717) is 19.6 Å². The molecule has 0 spiro atoms. The number of rotatable bonds is 6. The first-order valence-corrected chi connectivity index (χ1v) is 8.69. The molecule has 2 aromatic rings. The molecular weight excluding hydrogens is 369 g/mol. The van der Waals surface area contributed by atoms with Gasteiger partial charge in [-0.15, -0.1) is 0 Å². The van der Waals surface area contributed by atoms with Crippen molar-refractivity contribution in [2.45, 2.75) is 12.6 Å². The van der Waals surface area contributed by atoms with Gasteiger partial charge in [0.05, 0.1) is 18.7 Å². The molecule has 28 heavy (non-hydrogen) atoms. The van der Waals surface area contributed by atoms with E-state index in [1.165, 1.54) is 17.0 Å². The highest BCUT2D eigenvalue weighted by molar-refractivity contribution is 5.74. The highest BCUT2D eigenvalue weighted by Gasteiger charge is 2.30. The zero-order valence-corrected chi connectivity index (χ0v) is 15.4. The van der Waals surface area contributed by atoms with Crippen LogP contribution in [0.15, 0.2) is 54.6 Å². The summed E-state index contributed by atoms with van der Waals surface area (Å²) in [7, 11) is 1.65. The predicted molar refractivity (Wildman–Crippen MR) is 101 cm³/mol. The molecule has 2 rings (SSSR count). The van der Waals surface area contributed by atoms with Crippen LogP contribution in [0.1, 0.15) is 17.5 Å². The number of hydrogen-bond acceptors (Lipinski definition) is 2. The van der Waals surface area contributed by atoms with Crippen LogP contribution in [0.5, 0.6) is 5.75 Å². The van der Waals surface area contributed by atoms with Crippen LogP contribution in [0.2, 0.25) is 0 Å². The first-order valence-electron chi connectivity index (χ1n) is 8.69. The van der Waals surface area contributed by atoms with E-state index in [1.54, 1.807) is 7.05 Å². The lowest BCUT2D eigenvalue weighted by atomic mass is 10.1. The molecular formula is C21H21F3N2O2. The van der Waals surface area contributed by atoms with E-state index in [0.717, 1.165) is 17.9 Å². The van der Waals surface area contributed by atoms with Crippen LogP contribution in [0.25, 0.3) is 0 Å². The van der Waals surface area contributed by atoms with E-state index in [-0.39, 0.29) is 18.1 Å².